The Labute approximate surface area is 111 Å². The minimum absolute atomic E-state index is 0.148. The zero-order valence-electron chi connectivity index (χ0n) is 9.65. The Morgan fingerprint density at radius 1 is 1.56 bits per heavy atom. The highest BCUT2D eigenvalue weighted by molar-refractivity contribution is 7.99. The number of aliphatic hydroxyl groups excluding tert-OH is 1. The van der Waals surface area contributed by atoms with E-state index >= 15 is 0 Å². The molecule has 0 radical (unpaired) electrons. The molecule has 0 aromatic carbocycles. The van der Waals surface area contributed by atoms with Crippen LogP contribution in [-0.4, -0.2) is 46.1 Å². The fourth-order valence-electron chi connectivity index (χ4n) is 1.78. The van der Waals surface area contributed by atoms with E-state index in [0.717, 1.165) is 24.2 Å². The number of aliphatic hydroxyl groups is 1. The molecule has 2 rings (SSSR count). The van der Waals surface area contributed by atoms with Gasteiger partial charge in [-0.2, -0.15) is 24.9 Å². The largest absolute Gasteiger partial charge is 0.443 e. The molecule has 2 atom stereocenters. The van der Waals surface area contributed by atoms with Gasteiger partial charge in [0.2, 0.25) is 0 Å². The van der Waals surface area contributed by atoms with Gasteiger partial charge < -0.3 is 5.11 Å². The van der Waals surface area contributed by atoms with Gasteiger partial charge in [-0.3, -0.25) is 4.90 Å². The summed E-state index contributed by atoms with van der Waals surface area (Å²) in [5.41, 5.74) is 0. The average Bonchev–Trinajstić information content (AvgIpc) is 2.77. The number of alkyl halides is 3. The number of halogens is 3. The Morgan fingerprint density at radius 2 is 2.28 bits per heavy atom. The first-order chi connectivity index (χ1) is 8.39. The van der Waals surface area contributed by atoms with Crippen molar-refractivity contribution in [1.82, 2.24) is 9.88 Å². The Kier molecular flexibility index (Phi) is 4.20. The molecular weight excluding hydrogens is 285 g/mol. The first-order valence-corrected chi connectivity index (χ1v) is 7.35. The van der Waals surface area contributed by atoms with E-state index in [0.29, 0.717) is 11.3 Å². The van der Waals surface area contributed by atoms with E-state index in [1.165, 1.54) is 0 Å². The number of hydrogen-bond donors (Lipinski definition) is 1. The fourth-order valence-corrected chi connectivity index (χ4v) is 3.87. The van der Waals surface area contributed by atoms with Gasteiger partial charge >= 0.3 is 6.18 Å². The van der Waals surface area contributed by atoms with E-state index in [2.05, 4.69) is 4.98 Å². The smallest absolute Gasteiger partial charge is 0.386 e. The highest BCUT2D eigenvalue weighted by Gasteiger charge is 2.36. The SMILES string of the molecule is CN1CCSCC1C(O)c1cnc(C(F)(F)F)s1. The van der Waals surface area contributed by atoms with Crippen molar-refractivity contribution in [1.29, 1.82) is 0 Å². The summed E-state index contributed by atoms with van der Waals surface area (Å²) in [5.74, 6) is 1.70. The van der Waals surface area contributed by atoms with Crippen LogP contribution in [0.5, 0.6) is 0 Å². The van der Waals surface area contributed by atoms with E-state index in [-0.39, 0.29) is 10.9 Å². The molecule has 3 nitrogen and oxygen atoms in total. The number of aromatic nitrogens is 1. The maximum absolute atomic E-state index is 12.4. The second-order valence-electron chi connectivity index (χ2n) is 4.13. The van der Waals surface area contributed by atoms with Crippen LogP contribution in [0.25, 0.3) is 0 Å². The lowest BCUT2D eigenvalue weighted by molar-refractivity contribution is -0.137. The van der Waals surface area contributed by atoms with Crippen LogP contribution in [0.1, 0.15) is 16.0 Å². The number of nitrogens with zero attached hydrogens (tertiary/aromatic N) is 2. The molecule has 1 aromatic rings. The molecule has 102 valence electrons. The summed E-state index contributed by atoms with van der Waals surface area (Å²) in [6.45, 7) is 0.831. The van der Waals surface area contributed by atoms with Crippen LogP contribution < -0.4 is 0 Å². The van der Waals surface area contributed by atoms with E-state index in [1.807, 2.05) is 11.9 Å². The predicted octanol–water partition coefficient (Wildman–Crippen LogP) is 2.24. The van der Waals surface area contributed by atoms with Gasteiger partial charge in [-0.1, -0.05) is 0 Å². The maximum Gasteiger partial charge on any atom is 0.443 e. The third kappa shape index (κ3) is 2.98. The van der Waals surface area contributed by atoms with Crippen molar-refractivity contribution in [3.8, 4) is 0 Å². The van der Waals surface area contributed by atoms with E-state index < -0.39 is 17.3 Å². The Bertz CT molecular complexity index is 410. The van der Waals surface area contributed by atoms with Crippen molar-refractivity contribution >= 4 is 23.1 Å². The monoisotopic (exact) mass is 298 g/mol. The summed E-state index contributed by atoms with van der Waals surface area (Å²) in [7, 11) is 1.87. The molecule has 2 heterocycles. The van der Waals surface area contributed by atoms with Crippen LogP contribution >= 0.6 is 23.1 Å². The van der Waals surface area contributed by atoms with Crippen molar-refractivity contribution in [2.75, 3.05) is 25.1 Å². The van der Waals surface area contributed by atoms with Gasteiger partial charge in [0, 0.05) is 30.3 Å². The molecule has 1 aliphatic rings. The lowest BCUT2D eigenvalue weighted by Crippen LogP contribution is -2.43. The Hall–Kier alpha value is -0.310. The second kappa shape index (κ2) is 5.36. The molecule has 0 spiro atoms. The third-order valence-corrected chi connectivity index (χ3v) is 5.03. The molecule has 1 aromatic heterocycles. The van der Waals surface area contributed by atoms with E-state index in [4.69, 9.17) is 0 Å². The highest BCUT2D eigenvalue weighted by atomic mass is 32.2. The summed E-state index contributed by atoms with van der Waals surface area (Å²) in [6, 6.07) is -0.148. The van der Waals surface area contributed by atoms with Gasteiger partial charge in [-0.05, 0) is 7.05 Å². The standard InChI is InChI=1S/C10H13F3N2OS2/c1-15-2-3-17-5-6(15)8(16)7-4-14-9(18-7)10(11,12)13/h4,6,8,16H,2-3,5H2,1H3. The molecule has 1 fully saturated rings. The molecule has 1 aliphatic heterocycles. The van der Waals surface area contributed by atoms with Crippen LogP contribution in [0.2, 0.25) is 0 Å². The van der Waals surface area contributed by atoms with Crippen molar-refractivity contribution in [3.05, 3.63) is 16.1 Å². The number of thioether (sulfide) groups is 1. The Morgan fingerprint density at radius 3 is 2.83 bits per heavy atom. The maximum atomic E-state index is 12.4. The molecule has 0 saturated carbocycles. The molecule has 2 unspecified atom stereocenters. The molecular formula is C10H13F3N2OS2. The molecule has 1 N–H and O–H groups in total. The van der Waals surface area contributed by atoms with Gasteiger partial charge in [0.1, 0.15) is 6.10 Å². The van der Waals surface area contributed by atoms with E-state index in [1.54, 1.807) is 11.8 Å². The topological polar surface area (TPSA) is 36.4 Å². The molecule has 0 amide bonds. The molecule has 18 heavy (non-hydrogen) atoms. The van der Waals surface area contributed by atoms with Gasteiger partial charge in [-0.15, -0.1) is 11.3 Å². The molecule has 0 aliphatic carbocycles. The minimum atomic E-state index is -4.43. The van der Waals surface area contributed by atoms with Crippen LogP contribution in [0.3, 0.4) is 0 Å². The normalized spacial score (nSPS) is 24.2. The van der Waals surface area contributed by atoms with Crippen LogP contribution in [0.4, 0.5) is 13.2 Å². The van der Waals surface area contributed by atoms with Gasteiger partial charge in [0.25, 0.3) is 0 Å². The quantitative estimate of drug-likeness (QED) is 0.908. The van der Waals surface area contributed by atoms with Gasteiger partial charge in [-0.25, -0.2) is 4.98 Å². The summed E-state index contributed by atoms with van der Waals surface area (Å²) in [5, 5.41) is 9.24. The number of thiazole rings is 1. The van der Waals surface area contributed by atoms with Crippen LogP contribution in [-0.2, 0) is 6.18 Å². The highest BCUT2D eigenvalue weighted by Crippen LogP contribution is 2.36. The fraction of sp³-hybridized carbons (Fsp3) is 0.700. The summed E-state index contributed by atoms with van der Waals surface area (Å²) in [6.07, 6.45) is -4.21. The average molecular weight is 298 g/mol. The predicted molar refractivity (Wildman–Crippen MR) is 65.8 cm³/mol. The first kappa shape index (κ1) is 14.1. The van der Waals surface area contributed by atoms with Crippen LogP contribution in [0.15, 0.2) is 6.20 Å². The number of likely N-dealkylation sites (N-methyl/N-ethyl adjacent to an activating group) is 1. The summed E-state index contributed by atoms with van der Waals surface area (Å²) >= 11 is 2.22. The van der Waals surface area contributed by atoms with Crippen LogP contribution in [0, 0.1) is 0 Å². The zero-order chi connectivity index (χ0) is 13.3. The molecule has 8 heteroatoms. The lowest BCUT2D eigenvalue weighted by Gasteiger charge is -2.34. The van der Waals surface area contributed by atoms with E-state index in [9.17, 15) is 18.3 Å². The molecule has 0 bridgehead atoms. The van der Waals surface area contributed by atoms with Gasteiger partial charge in [0.05, 0.1) is 4.88 Å². The first-order valence-electron chi connectivity index (χ1n) is 5.38. The molecule has 1 saturated heterocycles. The Balaban J connectivity index is 2.13. The zero-order valence-corrected chi connectivity index (χ0v) is 11.3. The summed E-state index contributed by atoms with van der Waals surface area (Å²) in [4.78, 5) is 5.60. The second-order valence-corrected chi connectivity index (χ2v) is 6.35. The minimum Gasteiger partial charge on any atom is -0.386 e. The van der Waals surface area contributed by atoms with Gasteiger partial charge in [0.15, 0.2) is 5.01 Å². The van der Waals surface area contributed by atoms with Crippen molar-refractivity contribution in [3.63, 3.8) is 0 Å². The summed E-state index contributed by atoms with van der Waals surface area (Å²) < 4.78 is 37.3. The van der Waals surface area contributed by atoms with Crippen molar-refractivity contribution in [2.45, 2.75) is 18.3 Å². The number of rotatable bonds is 2. The van der Waals surface area contributed by atoms with Crippen molar-refractivity contribution in [2.24, 2.45) is 0 Å². The number of hydrogen-bond acceptors (Lipinski definition) is 5. The lowest BCUT2D eigenvalue weighted by atomic mass is 10.1. The van der Waals surface area contributed by atoms with Crippen molar-refractivity contribution < 1.29 is 18.3 Å². The third-order valence-electron chi connectivity index (χ3n) is 2.87.